The second kappa shape index (κ2) is 4.18. The van der Waals surface area contributed by atoms with Crippen LogP contribution in [0.25, 0.3) is 0 Å². The molecule has 0 aliphatic carbocycles. The van der Waals surface area contributed by atoms with E-state index in [1.807, 2.05) is 0 Å². The van der Waals surface area contributed by atoms with Gasteiger partial charge in [-0.25, -0.2) is 22.3 Å². The average molecular weight is 269 g/mol. The Kier molecular flexibility index (Phi) is 3.24. The van der Waals surface area contributed by atoms with Crippen LogP contribution in [0, 0.1) is 10.1 Å². The number of sulfonamides is 1. The van der Waals surface area contributed by atoms with E-state index in [4.69, 9.17) is 0 Å². The van der Waals surface area contributed by atoms with E-state index in [2.05, 4.69) is 10.1 Å². The third-order valence-electron chi connectivity index (χ3n) is 1.67. The van der Waals surface area contributed by atoms with Gasteiger partial charge in [-0.05, 0) is 9.91 Å². The zero-order chi connectivity index (χ0) is 13.4. The molecule has 0 saturated carbocycles. The van der Waals surface area contributed by atoms with E-state index in [0.29, 0.717) is 0 Å². The highest BCUT2D eigenvalue weighted by atomic mass is 32.2. The Labute approximate surface area is 92.9 Å². The lowest BCUT2D eigenvalue weighted by Crippen LogP contribution is -2.15. The van der Waals surface area contributed by atoms with Gasteiger partial charge < -0.3 is 15.2 Å². The summed E-state index contributed by atoms with van der Waals surface area (Å²) in [6.45, 7) is 0. The van der Waals surface area contributed by atoms with Crippen molar-refractivity contribution in [1.82, 2.24) is 4.98 Å². The quantitative estimate of drug-likeness (QED) is 0.597. The third kappa shape index (κ3) is 2.62. The first-order valence-electron chi connectivity index (χ1n) is 3.84. The molecule has 0 aliphatic heterocycles. The van der Waals surface area contributed by atoms with Gasteiger partial charge in [0.15, 0.2) is 5.75 Å². The van der Waals surface area contributed by atoms with E-state index in [9.17, 15) is 32.4 Å². The van der Waals surface area contributed by atoms with Crippen molar-refractivity contribution >= 4 is 15.8 Å². The molecule has 94 valence electrons. The van der Waals surface area contributed by atoms with Gasteiger partial charge in [-0.1, -0.05) is 0 Å². The average Bonchev–Trinajstić information content (AvgIpc) is 2.15. The first kappa shape index (κ1) is 13.2. The van der Waals surface area contributed by atoms with Gasteiger partial charge in [-0.3, -0.25) is 0 Å². The van der Waals surface area contributed by atoms with Crippen LogP contribution in [-0.2, 0) is 10.0 Å². The van der Waals surface area contributed by atoms with Crippen molar-refractivity contribution in [1.29, 1.82) is 0 Å². The molecule has 0 unspecified atom stereocenters. The molecule has 1 aromatic heterocycles. The van der Waals surface area contributed by atoms with Crippen LogP contribution in [0.1, 0.15) is 12.0 Å². The van der Waals surface area contributed by atoms with E-state index in [0.717, 1.165) is 0 Å². The van der Waals surface area contributed by atoms with Crippen molar-refractivity contribution < 1.29 is 27.2 Å². The van der Waals surface area contributed by atoms with Crippen LogP contribution < -0.4 is 5.14 Å². The van der Waals surface area contributed by atoms with Crippen LogP contribution in [0.15, 0.2) is 11.1 Å². The summed E-state index contributed by atoms with van der Waals surface area (Å²) >= 11 is 0. The van der Waals surface area contributed by atoms with Gasteiger partial charge in [0, 0.05) is 6.07 Å². The Morgan fingerprint density at radius 3 is 2.41 bits per heavy atom. The number of nitrogens with zero attached hydrogens (tertiary/aromatic N) is 2. The lowest BCUT2D eigenvalue weighted by Gasteiger charge is -2.04. The van der Waals surface area contributed by atoms with E-state index < -0.39 is 43.5 Å². The van der Waals surface area contributed by atoms with Gasteiger partial charge in [0.2, 0.25) is 0 Å². The normalized spacial score (nSPS) is 11.8. The minimum absolute atomic E-state index is 0.272. The predicted molar refractivity (Wildman–Crippen MR) is 48.9 cm³/mol. The molecule has 0 aliphatic rings. The second-order valence-corrected chi connectivity index (χ2v) is 4.30. The predicted octanol–water partition coefficient (Wildman–Crippen LogP) is 0.280. The van der Waals surface area contributed by atoms with Crippen molar-refractivity contribution in [2.75, 3.05) is 0 Å². The summed E-state index contributed by atoms with van der Waals surface area (Å²) in [6, 6.07) is 0.272. The maximum Gasteiger partial charge on any atom is 0.365 e. The smallest absolute Gasteiger partial charge is 0.365 e. The molecule has 1 aromatic rings. The largest absolute Gasteiger partial charge is 0.503 e. The van der Waals surface area contributed by atoms with Gasteiger partial charge in [0.05, 0.1) is 5.56 Å². The molecule has 0 spiro atoms. The highest BCUT2D eigenvalue weighted by molar-refractivity contribution is 7.89. The van der Waals surface area contributed by atoms with E-state index in [-0.39, 0.29) is 6.07 Å². The molecule has 0 radical (unpaired) electrons. The maximum atomic E-state index is 12.4. The number of alkyl halides is 2. The molecule has 0 fully saturated rings. The summed E-state index contributed by atoms with van der Waals surface area (Å²) in [7, 11) is -4.64. The molecular formula is C6H5F2N3O5S. The van der Waals surface area contributed by atoms with E-state index in [1.165, 1.54) is 0 Å². The standard InChI is InChI=1S/C6H5F2N3O5S/c7-5(8)2-1-3(11(13)14)10-6(4(2)12)17(9,15)16/h1,5,12H,(H2,9,15,16). The van der Waals surface area contributed by atoms with Gasteiger partial charge in [-0.15, -0.1) is 0 Å². The summed E-state index contributed by atoms with van der Waals surface area (Å²) in [5.74, 6) is -2.55. The molecule has 1 rings (SSSR count). The second-order valence-electron chi connectivity index (χ2n) is 2.83. The first-order valence-corrected chi connectivity index (χ1v) is 5.38. The molecular weight excluding hydrogens is 264 g/mol. The zero-order valence-corrected chi connectivity index (χ0v) is 8.69. The fourth-order valence-corrected chi connectivity index (χ4v) is 1.59. The van der Waals surface area contributed by atoms with Crippen LogP contribution in [-0.4, -0.2) is 23.4 Å². The minimum Gasteiger partial charge on any atom is -0.503 e. The van der Waals surface area contributed by atoms with E-state index >= 15 is 0 Å². The number of pyridine rings is 1. The Morgan fingerprint density at radius 2 is 2.06 bits per heavy atom. The number of aromatic nitrogens is 1. The number of nitro groups is 1. The SMILES string of the molecule is NS(=O)(=O)c1nc([N+](=O)[O-])cc(C(F)F)c1O. The molecule has 1 heterocycles. The van der Waals surface area contributed by atoms with Gasteiger partial charge >= 0.3 is 10.8 Å². The fraction of sp³-hybridized carbons (Fsp3) is 0.167. The fourth-order valence-electron chi connectivity index (χ4n) is 0.978. The molecule has 11 heteroatoms. The van der Waals surface area contributed by atoms with Gasteiger partial charge in [0.25, 0.3) is 16.4 Å². The van der Waals surface area contributed by atoms with Gasteiger partial charge in [0.1, 0.15) is 0 Å². The molecule has 8 nitrogen and oxygen atoms in total. The highest BCUT2D eigenvalue weighted by Crippen LogP contribution is 2.34. The van der Waals surface area contributed by atoms with Crippen molar-refractivity contribution in [3.63, 3.8) is 0 Å². The van der Waals surface area contributed by atoms with Crippen LogP contribution in [0.4, 0.5) is 14.6 Å². The van der Waals surface area contributed by atoms with Crippen LogP contribution >= 0.6 is 0 Å². The monoisotopic (exact) mass is 269 g/mol. The molecule has 0 saturated heterocycles. The van der Waals surface area contributed by atoms with Crippen molar-refractivity contribution in [2.45, 2.75) is 11.5 Å². The Bertz CT molecular complexity index is 573. The third-order valence-corrected chi connectivity index (χ3v) is 2.49. The number of aromatic hydroxyl groups is 1. The zero-order valence-electron chi connectivity index (χ0n) is 7.87. The minimum atomic E-state index is -4.64. The number of nitrogens with two attached hydrogens (primary N) is 1. The summed E-state index contributed by atoms with van der Waals surface area (Å²) in [6.07, 6.45) is -3.31. The van der Waals surface area contributed by atoms with E-state index in [1.54, 1.807) is 0 Å². The molecule has 0 amide bonds. The van der Waals surface area contributed by atoms with Crippen LogP contribution in [0.2, 0.25) is 0 Å². The summed E-state index contributed by atoms with van der Waals surface area (Å²) in [4.78, 5) is 12.1. The summed E-state index contributed by atoms with van der Waals surface area (Å²) < 4.78 is 46.6. The number of halogens is 2. The topological polar surface area (TPSA) is 136 Å². The first-order chi connectivity index (χ1) is 7.64. The molecule has 3 N–H and O–H groups in total. The van der Waals surface area contributed by atoms with Crippen molar-refractivity contribution in [2.24, 2.45) is 5.14 Å². The maximum absolute atomic E-state index is 12.4. The number of primary sulfonamides is 1. The summed E-state index contributed by atoms with van der Waals surface area (Å²) in [5.41, 5.74) is -1.23. The Balaban J connectivity index is 3.67. The van der Waals surface area contributed by atoms with Gasteiger partial charge in [-0.2, -0.15) is 0 Å². The van der Waals surface area contributed by atoms with Crippen molar-refractivity contribution in [3.8, 4) is 5.75 Å². The number of hydrogen-bond acceptors (Lipinski definition) is 6. The molecule has 0 bridgehead atoms. The van der Waals surface area contributed by atoms with Crippen LogP contribution in [0.5, 0.6) is 5.75 Å². The summed E-state index contributed by atoms with van der Waals surface area (Å²) in [5, 5.41) is 22.7. The lowest BCUT2D eigenvalue weighted by atomic mass is 10.2. The molecule has 0 aromatic carbocycles. The highest BCUT2D eigenvalue weighted by Gasteiger charge is 2.31. The lowest BCUT2D eigenvalue weighted by molar-refractivity contribution is -0.390. The molecule has 17 heavy (non-hydrogen) atoms. The Hall–Kier alpha value is -1.88. The van der Waals surface area contributed by atoms with Crippen LogP contribution in [0.3, 0.4) is 0 Å². The number of hydrogen-bond donors (Lipinski definition) is 2. The van der Waals surface area contributed by atoms with Crippen molar-refractivity contribution in [3.05, 3.63) is 21.7 Å². The molecule has 0 atom stereocenters. The Morgan fingerprint density at radius 1 is 1.53 bits per heavy atom. The number of rotatable bonds is 3.